The van der Waals surface area contributed by atoms with Gasteiger partial charge in [0, 0.05) is 18.8 Å². The number of carbonyl (C=O) groups excluding carboxylic acids is 1. The second-order valence-corrected chi connectivity index (χ2v) is 8.28. The van der Waals surface area contributed by atoms with Crippen molar-refractivity contribution in [1.29, 1.82) is 5.26 Å². The molecule has 0 atom stereocenters. The van der Waals surface area contributed by atoms with Crippen LogP contribution in [0.3, 0.4) is 0 Å². The zero-order valence-electron chi connectivity index (χ0n) is 18.8. The minimum atomic E-state index is -0.0697. The van der Waals surface area contributed by atoms with Crippen LogP contribution in [-0.4, -0.2) is 40.1 Å². The Morgan fingerprint density at radius 1 is 1.19 bits per heavy atom. The highest BCUT2D eigenvalue weighted by Gasteiger charge is 2.20. The average molecular weight is 450 g/mol. The molecule has 0 saturated carbocycles. The Kier molecular flexibility index (Phi) is 7.90. The first kappa shape index (κ1) is 23.4. The van der Waals surface area contributed by atoms with Crippen LogP contribution in [0.15, 0.2) is 47.6 Å². The summed E-state index contributed by atoms with van der Waals surface area (Å²) in [6.45, 7) is 7.03. The van der Waals surface area contributed by atoms with Gasteiger partial charge in [0.25, 0.3) is 0 Å². The highest BCUT2D eigenvalue weighted by Crippen LogP contribution is 2.31. The van der Waals surface area contributed by atoms with E-state index in [1.54, 1.807) is 12.0 Å². The molecular formula is C24H27N5O2S. The van der Waals surface area contributed by atoms with E-state index in [9.17, 15) is 4.79 Å². The van der Waals surface area contributed by atoms with Gasteiger partial charge in [-0.05, 0) is 56.2 Å². The highest BCUT2D eigenvalue weighted by molar-refractivity contribution is 7.99. The van der Waals surface area contributed by atoms with E-state index in [0.717, 1.165) is 28.1 Å². The molecule has 8 heteroatoms. The van der Waals surface area contributed by atoms with Crippen LogP contribution >= 0.6 is 11.8 Å². The molecule has 0 aliphatic rings. The lowest BCUT2D eigenvalue weighted by Crippen LogP contribution is -2.33. The first-order valence-electron chi connectivity index (χ1n) is 10.4. The Bertz CT molecular complexity index is 1120. The van der Waals surface area contributed by atoms with E-state index in [1.165, 1.54) is 11.8 Å². The quantitative estimate of drug-likeness (QED) is 0.443. The number of aryl methyl sites for hydroxylation is 2. The minimum Gasteiger partial charge on any atom is -0.496 e. The number of hydrogen-bond donors (Lipinski definition) is 0. The number of nitrogens with zero attached hydrogens (tertiary/aromatic N) is 5. The predicted octanol–water partition coefficient (Wildman–Crippen LogP) is 4.63. The molecule has 166 valence electrons. The SMILES string of the molecule is CCn1c(SCC(=O)N(CCC#N)c2cc(C)cc(C)c2)nnc1-c1ccccc1OC. The lowest BCUT2D eigenvalue weighted by atomic mass is 10.1. The maximum absolute atomic E-state index is 13.1. The number of nitriles is 1. The van der Waals surface area contributed by atoms with Crippen LogP contribution in [0, 0.1) is 25.2 Å². The van der Waals surface area contributed by atoms with Gasteiger partial charge in [0.15, 0.2) is 11.0 Å². The zero-order valence-corrected chi connectivity index (χ0v) is 19.6. The summed E-state index contributed by atoms with van der Waals surface area (Å²) in [4.78, 5) is 14.8. The Morgan fingerprint density at radius 2 is 1.91 bits per heavy atom. The number of thioether (sulfide) groups is 1. The molecule has 0 aliphatic heterocycles. The second-order valence-electron chi connectivity index (χ2n) is 7.34. The molecule has 0 radical (unpaired) electrons. The van der Waals surface area contributed by atoms with Gasteiger partial charge < -0.3 is 14.2 Å². The van der Waals surface area contributed by atoms with Gasteiger partial charge in [-0.2, -0.15) is 5.26 Å². The van der Waals surface area contributed by atoms with Gasteiger partial charge in [-0.1, -0.05) is 30.0 Å². The topological polar surface area (TPSA) is 84.0 Å². The lowest BCUT2D eigenvalue weighted by Gasteiger charge is -2.22. The van der Waals surface area contributed by atoms with Crippen molar-refractivity contribution >= 4 is 23.4 Å². The molecule has 32 heavy (non-hydrogen) atoms. The maximum atomic E-state index is 13.1. The third-order valence-electron chi connectivity index (χ3n) is 4.97. The van der Waals surface area contributed by atoms with Gasteiger partial charge in [0.2, 0.25) is 5.91 Å². The summed E-state index contributed by atoms with van der Waals surface area (Å²) in [5, 5.41) is 18.4. The van der Waals surface area contributed by atoms with Crippen LogP contribution in [0.2, 0.25) is 0 Å². The molecule has 0 fully saturated rings. The molecule has 0 saturated heterocycles. The molecule has 0 spiro atoms. The van der Waals surface area contributed by atoms with E-state index in [-0.39, 0.29) is 18.1 Å². The van der Waals surface area contributed by atoms with Crippen LogP contribution in [0.25, 0.3) is 11.4 Å². The summed E-state index contributed by atoms with van der Waals surface area (Å²) < 4.78 is 7.45. The molecule has 7 nitrogen and oxygen atoms in total. The van der Waals surface area contributed by atoms with Gasteiger partial charge in [-0.3, -0.25) is 4.79 Å². The first-order valence-corrected chi connectivity index (χ1v) is 11.4. The van der Waals surface area contributed by atoms with E-state index in [2.05, 4.69) is 22.3 Å². The van der Waals surface area contributed by atoms with Crippen LogP contribution in [0.4, 0.5) is 5.69 Å². The molecule has 3 rings (SSSR count). The van der Waals surface area contributed by atoms with Crippen molar-refractivity contribution in [2.45, 2.75) is 38.9 Å². The summed E-state index contributed by atoms with van der Waals surface area (Å²) in [6.07, 6.45) is 0.270. The van der Waals surface area contributed by atoms with Crippen molar-refractivity contribution in [1.82, 2.24) is 14.8 Å². The molecular weight excluding hydrogens is 422 g/mol. The van der Waals surface area contributed by atoms with Crippen LogP contribution in [-0.2, 0) is 11.3 Å². The number of benzene rings is 2. The second kappa shape index (κ2) is 10.8. The molecule has 3 aromatic rings. The fourth-order valence-electron chi connectivity index (χ4n) is 3.58. The summed E-state index contributed by atoms with van der Waals surface area (Å²) >= 11 is 1.35. The summed E-state index contributed by atoms with van der Waals surface area (Å²) in [5.74, 6) is 1.55. The summed E-state index contributed by atoms with van der Waals surface area (Å²) in [5.41, 5.74) is 3.83. The fourth-order valence-corrected chi connectivity index (χ4v) is 4.46. The number of amides is 1. The van der Waals surface area contributed by atoms with Crippen molar-refractivity contribution in [2.24, 2.45) is 0 Å². The predicted molar refractivity (Wildman–Crippen MR) is 127 cm³/mol. The monoisotopic (exact) mass is 449 g/mol. The molecule has 1 amide bonds. The zero-order chi connectivity index (χ0) is 23.1. The van der Waals surface area contributed by atoms with Crippen molar-refractivity contribution in [3.8, 4) is 23.2 Å². The van der Waals surface area contributed by atoms with Gasteiger partial charge in [0.1, 0.15) is 5.75 Å². The summed E-state index contributed by atoms with van der Waals surface area (Å²) in [7, 11) is 1.63. The Labute approximate surface area is 193 Å². The Balaban J connectivity index is 1.82. The number of hydrogen-bond acceptors (Lipinski definition) is 6. The molecule has 0 aliphatic carbocycles. The van der Waals surface area contributed by atoms with E-state index in [1.807, 2.05) is 61.7 Å². The Hall–Kier alpha value is -3.31. The van der Waals surface area contributed by atoms with E-state index < -0.39 is 0 Å². The number of anilines is 1. The van der Waals surface area contributed by atoms with Crippen LogP contribution < -0.4 is 9.64 Å². The lowest BCUT2D eigenvalue weighted by molar-refractivity contribution is -0.116. The van der Waals surface area contributed by atoms with Crippen LogP contribution in [0.1, 0.15) is 24.5 Å². The normalized spacial score (nSPS) is 10.6. The molecule has 0 unspecified atom stereocenters. The standard InChI is InChI=1S/C24H27N5O2S/c1-5-28-23(20-9-6-7-10-21(20)31-4)26-27-24(28)32-16-22(30)29(12-8-11-25)19-14-17(2)13-18(3)15-19/h6-7,9-10,13-15H,5,8,12,16H2,1-4H3. The van der Waals surface area contributed by atoms with E-state index in [0.29, 0.717) is 24.1 Å². The number of carbonyl (C=O) groups is 1. The first-order chi connectivity index (χ1) is 15.5. The van der Waals surface area contributed by atoms with Crippen molar-refractivity contribution in [3.63, 3.8) is 0 Å². The number of methoxy groups -OCH3 is 1. The maximum Gasteiger partial charge on any atom is 0.237 e. The van der Waals surface area contributed by atoms with Gasteiger partial charge in [0.05, 0.1) is 30.9 Å². The van der Waals surface area contributed by atoms with Gasteiger partial charge in [-0.25, -0.2) is 0 Å². The summed E-state index contributed by atoms with van der Waals surface area (Å²) in [6, 6.07) is 15.8. The smallest absolute Gasteiger partial charge is 0.237 e. The number of aromatic nitrogens is 3. The number of para-hydroxylation sites is 1. The van der Waals surface area contributed by atoms with Gasteiger partial charge in [-0.15, -0.1) is 10.2 Å². The molecule has 1 aromatic heterocycles. The van der Waals surface area contributed by atoms with Crippen molar-refractivity contribution in [2.75, 3.05) is 24.3 Å². The molecule has 2 aromatic carbocycles. The highest BCUT2D eigenvalue weighted by atomic mass is 32.2. The number of ether oxygens (including phenoxy) is 1. The van der Waals surface area contributed by atoms with E-state index >= 15 is 0 Å². The minimum absolute atomic E-state index is 0.0697. The largest absolute Gasteiger partial charge is 0.496 e. The fraction of sp³-hybridized carbons (Fsp3) is 0.333. The van der Waals surface area contributed by atoms with E-state index in [4.69, 9.17) is 10.00 Å². The van der Waals surface area contributed by atoms with Crippen molar-refractivity contribution < 1.29 is 9.53 Å². The third kappa shape index (κ3) is 5.29. The van der Waals surface area contributed by atoms with Crippen LogP contribution in [0.5, 0.6) is 5.75 Å². The van der Waals surface area contributed by atoms with Gasteiger partial charge >= 0.3 is 0 Å². The molecule has 0 N–H and O–H groups in total. The average Bonchev–Trinajstić information content (AvgIpc) is 3.20. The number of rotatable bonds is 9. The third-order valence-corrected chi connectivity index (χ3v) is 5.92. The Morgan fingerprint density at radius 3 is 2.56 bits per heavy atom. The van der Waals surface area contributed by atoms with Crippen molar-refractivity contribution in [3.05, 3.63) is 53.6 Å². The molecule has 0 bridgehead atoms. The molecule has 1 heterocycles.